The fourth-order valence-electron chi connectivity index (χ4n) is 2.81. The summed E-state index contributed by atoms with van der Waals surface area (Å²) in [6, 6.07) is 5.90. The topological polar surface area (TPSA) is 39.7 Å². The molecule has 2 atom stereocenters. The molecule has 1 fully saturated rings. The SMILES string of the molecule is COc1ccc(OC)c(C2OCCC2CNCC(C)C)c1. The Morgan fingerprint density at radius 2 is 2.10 bits per heavy atom. The quantitative estimate of drug-likeness (QED) is 0.839. The smallest absolute Gasteiger partial charge is 0.124 e. The molecule has 0 amide bonds. The van der Waals surface area contributed by atoms with Crippen molar-refractivity contribution in [3.05, 3.63) is 23.8 Å². The van der Waals surface area contributed by atoms with Crippen molar-refractivity contribution in [2.75, 3.05) is 33.9 Å². The molecule has 0 spiro atoms. The number of ether oxygens (including phenoxy) is 3. The van der Waals surface area contributed by atoms with Gasteiger partial charge >= 0.3 is 0 Å². The van der Waals surface area contributed by atoms with Crippen molar-refractivity contribution in [3.63, 3.8) is 0 Å². The first kappa shape index (κ1) is 16.1. The van der Waals surface area contributed by atoms with Gasteiger partial charge in [-0.3, -0.25) is 0 Å². The molecule has 0 bridgehead atoms. The maximum Gasteiger partial charge on any atom is 0.124 e. The van der Waals surface area contributed by atoms with Gasteiger partial charge < -0.3 is 19.5 Å². The highest BCUT2D eigenvalue weighted by Crippen LogP contribution is 2.40. The van der Waals surface area contributed by atoms with Crippen LogP contribution in [0.2, 0.25) is 0 Å². The van der Waals surface area contributed by atoms with E-state index in [0.717, 1.165) is 43.2 Å². The van der Waals surface area contributed by atoms with Gasteiger partial charge in [0.25, 0.3) is 0 Å². The number of hydrogen-bond donors (Lipinski definition) is 1. The maximum absolute atomic E-state index is 5.98. The molecule has 0 aromatic heterocycles. The highest BCUT2D eigenvalue weighted by Gasteiger charge is 2.31. The van der Waals surface area contributed by atoms with E-state index < -0.39 is 0 Å². The summed E-state index contributed by atoms with van der Waals surface area (Å²) < 4.78 is 16.8. The van der Waals surface area contributed by atoms with E-state index in [1.807, 2.05) is 18.2 Å². The Morgan fingerprint density at radius 1 is 1.29 bits per heavy atom. The number of rotatable bonds is 7. The molecule has 1 aromatic carbocycles. The number of hydrogen-bond acceptors (Lipinski definition) is 4. The third kappa shape index (κ3) is 4.11. The zero-order valence-corrected chi connectivity index (χ0v) is 13.5. The van der Waals surface area contributed by atoms with E-state index in [0.29, 0.717) is 11.8 Å². The molecule has 0 radical (unpaired) electrons. The molecule has 1 heterocycles. The Bertz CT molecular complexity index is 448. The summed E-state index contributed by atoms with van der Waals surface area (Å²) in [6.07, 6.45) is 1.16. The van der Waals surface area contributed by atoms with Crippen molar-refractivity contribution in [2.45, 2.75) is 26.4 Å². The second kappa shape index (κ2) is 7.66. The maximum atomic E-state index is 5.98. The number of benzene rings is 1. The Labute approximate surface area is 127 Å². The lowest BCUT2D eigenvalue weighted by molar-refractivity contribution is 0.0879. The Kier molecular flexibility index (Phi) is 5.88. The lowest BCUT2D eigenvalue weighted by Gasteiger charge is -2.22. The Hall–Kier alpha value is -1.26. The van der Waals surface area contributed by atoms with Crippen LogP contribution in [0, 0.1) is 11.8 Å². The van der Waals surface area contributed by atoms with Gasteiger partial charge in [-0.15, -0.1) is 0 Å². The van der Waals surface area contributed by atoms with Gasteiger partial charge in [-0.05, 0) is 37.1 Å². The summed E-state index contributed by atoms with van der Waals surface area (Å²) in [5, 5.41) is 3.54. The standard InChI is InChI=1S/C17H27NO3/c1-12(2)10-18-11-13-7-8-21-17(13)15-9-14(19-3)5-6-16(15)20-4/h5-6,9,12-13,17-18H,7-8,10-11H2,1-4H3. The van der Waals surface area contributed by atoms with Crippen molar-refractivity contribution < 1.29 is 14.2 Å². The lowest BCUT2D eigenvalue weighted by Crippen LogP contribution is -2.28. The van der Waals surface area contributed by atoms with Crippen LogP contribution in [0.1, 0.15) is 31.9 Å². The molecular formula is C17H27NO3. The molecule has 21 heavy (non-hydrogen) atoms. The minimum Gasteiger partial charge on any atom is -0.497 e. The summed E-state index contributed by atoms with van der Waals surface area (Å²) in [6.45, 7) is 7.27. The van der Waals surface area contributed by atoms with Crippen LogP contribution in [-0.4, -0.2) is 33.9 Å². The largest absolute Gasteiger partial charge is 0.497 e. The van der Waals surface area contributed by atoms with Crippen LogP contribution in [-0.2, 0) is 4.74 Å². The average molecular weight is 293 g/mol. The fraction of sp³-hybridized carbons (Fsp3) is 0.647. The molecule has 2 unspecified atom stereocenters. The van der Waals surface area contributed by atoms with Gasteiger partial charge in [0.05, 0.1) is 20.3 Å². The van der Waals surface area contributed by atoms with E-state index >= 15 is 0 Å². The van der Waals surface area contributed by atoms with Crippen molar-refractivity contribution >= 4 is 0 Å². The molecule has 118 valence electrons. The van der Waals surface area contributed by atoms with E-state index in [2.05, 4.69) is 19.2 Å². The van der Waals surface area contributed by atoms with Crippen molar-refractivity contribution in [2.24, 2.45) is 11.8 Å². The summed E-state index contributed by atoms with van der Waals surface area (Å²) in [4.78, 5) is 0. The van der Waals surface area contributed by atoms with E-state index in [4.69, 9.17) is 14.2 Å². The summed E-state index contributed by atoms with van der Waals surface area (Å²) >= 11 is 0. The van der Waals surface area contributed by atoms with Crippen molar-refractivity contribution in [1.82, 2.24) is 5.32 Å². The van der Waals surface area contributed by atoms with Crippen LogP contribution >= 0.6 is 0 Å². The minimum absolute atomic E-state index is 0.0784. The molecule has 0 saturated carbocycles. The predicted octanol–water partition coefficient (Wildman–Crippen LogP) is 3.03. The first-order valence-corrected chi connectivity index (χ1v) is 7.70. The molecule has 4 heteroatoms. The summed E-state index contributed by atoms with van der Waals surface area (Å²) in [5.41, 5.74) is 1.09. The van der Waals surface area contributed by atoms with Gasteiger partial charge in [-0.25, -0.2) is 0 Å². The molecule has 1 N–H and O–H groups in total. The highest BCUT2D eigenvalue weighted by atomic mass is 16.5. The van der Waals surface area contributed by atoms with Crippen LogP contribution in [0.3, 0.4) is 0 Å². The van der Waals surface area contributed by atoms with Gasteiger partial charge in [-0.1, -0.05) is 13.8 Å². The second-order valence-corrected chi connectivity index (χ2v) is 6.00. The predicted molar refractivity (Wildman–Crippen MR) is 84.1 cm³/mol. The highest BCUT2D eigenvalue weighted by molar-refractivity contribution is 5.42. The molecule has 1 aliphatic rings. The van der Waals surface area contributed by atoms with E-state index in [1.165, 1.54) is 0 Å². The third-order valence-corrected chi connectivity index (χ3v) is 3.92. The second-order valence-electron chi connectivity index (χ2n) is 6.00. The molecule has 4 nitrogen and oxygen atoms in total. The lowest BCUT2D eigenvalue weighted by atomic mass is 9.94. The molecule has 2 rings (SSSR count). The van der Waals surface area contributed by atoms with Crippen LogP contribution in [0.5, 0.6) is 11.5 Å². The van der Waals surface area contributed by atoms with Gasteiger partial charge in [0.15, 0.2) is 0 Å². The first-order valence-electron chi connectivity index (χ1n) is 7.70. The molecular weight excluding hydrogens is 266 g/mol. The monoisotopic (exact) mass is 293 g/mol. The number of methoxy groups -OCH3 is 2. The van der Waals surface area contributed by atoms with Crippen LogP contribution in [0.4, 0.5) is 0 Å². The van der Waals surface area contributed by atoms with Crippen LogP contribution in [0.25, 0.3) is 0 Å². The fourth-order valence-corrected chi connectivity index (χ4v) is 2.81. The van der Waals surface area contributed by atoms with Gasteiger partial charge in [0.1, 0.15) is 11.5 Å². The average Bonchev–Trinajstić information content (AvgIpc) is 2.94. The third-order valence-electron chi connectivity index (χ3n) is 3.92. The normalized spacial score (nSPS) is 21.8. The Balaban J connectivity index is 2.11. The summed E-state index contributed by atoms with van der Waals surface area (Å²) in [5.74, 6) is 2.86. The van der Waals surface area contributed by atoms with Gasteiger partial charge in [-0.2, -0.15) is 0 Å². The molecule has 1 aliphatic heterocycles. The Morgan fingerprint density at radius 3 is 2.76 bits per heavy atom. The van der Waals surface area contributed by atoms with Gasteiger partial charge in [0.2, 0.25) is 0 Å². The summed E-state index contributed by atoms with van der Waals surface area (Å²) in [7, 11) is 3.38. The molecule has 0 aliphatic carbocycles. The van der Waals surface area contributed by atoms with Crippen molar-refractivity contribution in [3.8, 4) is 11.5 Å². The molecule has 1 saturated heterocycles. The first-order chi connectivity index (χ1) is 10.2. The minimum atomic E-state index is 0.0784. The number of nitrogens with one attached hydrogen (secondary N) is 1. The van der Waals surface area contributed by atoms with E-state index in [1.54, 1.807) is 14.2 Å². The van der Waals surface area contributed by atoms with Gasteiger partial charge in [0, 0.05) is 24.6 Å². The zero-order valence-electron chi connectivity index (χ0n) is 13.5. The van der Waals surface area contributed by atoms with Crippen LogP contribution < -0.4 is 14.8 Å². The zero-order chi connectivity index (χ0) is 15.2. The molecule has 1 aromatic rings. The van der Waals surface area contributed by atoms with E-state index in [-0.39, 0.29) is 6.10 Å². The van der Waals surface area contributed by atoms with Crippen molar-refractivity contribution in [1.29, 1.82) is 0 Å². The van der Waals surface area contributed by atoms with E-state index in [9.17, 15) is 0 Å². The van der Waals surface area contributed by atoms with Crippen LogP contribution in [0.15, 0.2) is 18.2 Å².